The van der Waals surface area contributed by atoms with Crippen molar-refractivity contribution in [2.24, 2.45) is 11.5 Å². The van der Waals surface area contributed by atoms with Crippen LogP contribution in [0, 0.1) is 5.41 Å². The lowest BCUT2D eigenvalue weighted by Crippen LogP contribution is -2.55. The molecule has 2 aliphatic heterocycles. The van der Waals surface area contributed by atoms with Crippen molar-refractivity contribution in [2.75, 3.05) is 29.9 Å². The molecule has 0 radical (unpaired) electrons. The molecule has 0 aromatic heterocycles. The van der Waals surface area contributed by atoms with Crippen LogP contribution in [0.4, 0.5) is 11.4 Å². The third-order valence-corrected chi connectivity index (χ3v) is 6.04. The molecule has 12 heteroatoms. The summed E-state index contributed by atoms with van der Waals surface area (Å²) in [5.41, 5.74) is 13.5. The summed E-state index contributed by atoms with van der Waals surface area (Å²) in [5, 5.41) is 20.5. The minimum absolute atomic E-state index is 0.0614. The van der Waals surface area contributed by atoms with E-state index >= 15 is 0 Å². The molecule has 7 N–H and O–H groups in total. The third kappa shape index (κ3) is 5.19. The zero-order valence-electron chi connectivity index (χ0n) is 19.3. The van der Waals surface area contributed by atoms with Gasteiger partial charge in [-0.2, -0.15) is 0 Å². The van der Waals surface area contributed by atoms with Crippen LogP contribution in [0.3, 0.4) is 0 Å². The first-order chi connectivity index (χ1) is 17.1. The number of nitrogen functional groups attached to an aromatic ring is 1. The Bertz CT molecular complexity index is 1230. The molecule has 0 bridgehead atoms. The molecule has 0 spiro atoms. The van der Waals surface area contributed by atoms with Gasteiger partial charge in [-0.25, -0.2) is 0 Å². The number of aliphatic hydroxyl groups is 1. The maximum absolute atomic E-state index is 13.1. The van der Waals surface area contributed by atoms with Gasteiger partial charge >= 0.3 is 0 Å². The summed E-state index contributed by atoms with van der Waals surface area (Å²) in [6.45, 7) is 0.376. The van der Waals surface area contributed by atoms with Crippen LogP contribution in [-0.4, -0.2) is 71.4 Å². The molecular formula is C24H26N6O6. The average molecular weight is 495 g/mol. The van der Waals surface area contributed by atoms with E-state index in [1.165, 1.54) is 21.9 Å². The number of rotatable bonds is 7. The topological polar surface area (TPSA) is 192 Å². The average Bonchev–Trinajstić information content (AvgIpc) is 2.84. The van der Waals surface area contributed by atoms with E-state index < -0.39 is 29.9 Å². The van der Waals surface area contributed by atoms with E-state index in [1.807, 2.05) is 0 Å². The van der Waals surface area contributed by atoms with Gasteiger partial charge in [-0.3, -0.25) is 24.6 Å². The van der Waals surface area contributed by atoms with E-state index in [4.69, 9.17) is 21.6 Å². The molecule has 4 amide bonds. The first-order valence-corrected chi connectivity index (χ1v) is 11.2. The highest BCUT2D eigenvalue weighted by Gasteiger charge is 2.39. The monoisotopic (exact) mass is 494 g/mol. The predicted molar refractivity (Wildman–Crippen MR) is 129 cm³/mol. The lowest BCUT2D eigenvalue weighted by molar-refractivity contribution is -0.150. The molecule has 0 saturated carbocycles. The van der Waals surface area contributed by atoms with Gasteiger partial charge in [-0.1, -0.05) is 6.07 Å². The predicted octanol–water partition coefficient (Wildman–Crippen LogP) is -0.928. The van der Waals surface area contributed by atoms with Crippen molar-refractivity contribution < 1.29 is 29.0 Å². The summed E-state index contributed by atoms with van der Waals surface area (Å²) in [5.74, 6) is -2.37. The fourth-order valence-corrected chi connectivity index (χ4v) is 4.18. The number of primary amides is 1. The fraction of sp³-hybridized carbons (Fsp3) is 0.292. The summed E-state index contributed by atoms with van der Waals surface area (Å²) in [6.07, 6.45) is -3.13. The Morgan fingerprint density at radius 1 is 1.14 bits per heavy atom. The van der Waals surface area contributed by atoms with Crippen LogP contribution >= 0.6 is 0 Å². The van der Waals surface area contributed by atoms with Crippen LogP contribution in [0.2, 0.25) is 0 Å². The van der Waals surface area contributed by atoms with Crippen molar-refractivity contribution in [3.8, 4) is 0 Å². The molecule has 2 atom stereocenters. The van der Waals surface area contributed by atoms with Crippen LogP contribution in [0.25, 0.3) is 0 Å². The third-order valence-electron chi connectivity index (χ3n) is 6.04. The van der Waals surface area contributed by atoms with E-state index in [2.05, 4.69) is 5.32 Å². The van der Waals surface area contributed by atoms with Gasteiger partial charge in [0.25, 0.3) is 11.8 Å². The van der Waals surface area contributed by atoms with E-state index in [0.29, 0.717) is 16.9 Å². The van der Waals surface area contributed by atoms with Crippen molar-refractivity contribution in [1.82, 2.24) is 4.90 Å². The standard InChI is InChI=1S/C24H26N6O6/c25-18(31)12-29-11-14-3-6-17(9-15(14)10-19(29)32)30-7-8-36-21(24(30)35)20(33)23(34)28-16-4-1-13(2-5-16)22(26)27/h1-6,9,20-21,33H,7-8,10-12H2,(H2,25,31)(H3,26,27)(H,28,34)/t20?,21-/m1/s1. The number of carbonyl (C=O) groups is 4. The normalized spacial score (nSPS) is 18.4. The Morgan fingerprint density at radius 2 is 1.86 bits per heavy atom. The highest BCUT2D eigenvalue weighted by molar-refractivity contribution is 6.04. The molecule has 1 fully saturated rings. The number of amides is 4. The lowest BCUT2D eigenvalue weighted by Gasteiger charge is -2.35. The lowest BCUT2D eigenvalue weighted by atomic mass is 9.97. The first kappa shape index (κ1) is 24.8. The maximum atomic E-state index is 13.1. The number of amidine groups is 1. The number of carbonyl (C=O) groups excluding carboxylic acids is 4. The van der Waals surface area contributed by atoms with E-state index in [0.717, 1.165) is 11.1 Å². The highest BCUT2D eigenvalue weighted by Crippen LogP contribution is 2.27. The molecule has 0 aliphatic carbocycles. The number of hydrogen-bond acceptors (Lipinski definition) is 7. The minimum atomic E-state index is -1.77. The highest BCUT2D eigenvalue weighted by atomic mass is 16.5. The van der Waals surface area contributed by atoms with Gasteiger partial charge in [0, 0.05) is 30.0 Å². The number of fused-ring (bicyclic) bond motifs is 1. The Morgan fingerprint density at radius 3 is 2.53 bits per heavy atom. The molecule has 4 rings (SSSR count). The number of hydrogen-bond donors (Lipinski definition) is 5. The SMILES string of the molecule is N=C(N)c1ccc(NC(=O)C(O)[C@H]2OCCN(c3ccc4c(c3)CC(=O)N(CC(N)=O)C4)C2=O)cc1. The first-order valence-electron chi connectivity index (χ1n) is 11.2. The van der Waals surface area contributed by atoms with Gasteiger partial charge < -0.3 is 36.4 Å². The molecular weight excluding hydrogens is 468 g/mol. The number of nitrogens with zero attached hydrogens (tertiary/aromatic N) is 2. The largest absolute Gasteiger partial charge is 0.384 e. The second-order valence-electron chi connectivity index (χ2n) is 8.55. The van der Waals surface area contributed by atoms with Crippen molar-refractivity contribution in [1.29, 1.82) is 5.41 Å². The zero-order valence-corrected chi connectivity index (χ0v) is 19.3. The van der Waals surface area contributed by atoms with Crippen LogP contribution in [0.1, 0.15) is 16.7 Å². The molecule has 2 aromatic rings. The zero-order chi connectivity index (χ0) is 26.0. The molecule has 1 saturated heterocycles. The molecule has 2 aliphatic rings. The summed E-state index contributed by atoms with van der Waals surface area (Å²) in [4.78, 5) is 52.1. The summed E-state index contributed by atoms with van der Waals surface area (Å²) >= 11 is 0. The molecule has 12 nitrogen and oxygen atoms in total. The van der Waals surface area contributed by atoms with Crippen LogP contribution < -0.4 is 21.7 Å². The van der Waals surface area contributed by atoms with Gasteiger partial charge in [0.2, 0.25) is 11.8 Å². The van der Waals surface area contributed by atoms with Crippen LogP contribution in [0.15, 0.2) is 42.5 Å². The summed E-state index contributed by atoms with van der Waals surface area (Å²) < 4.78 is 5.44. The fourth-order valence-electron chi connectivity index (χ4n) is 4.18. The number of nitrogens with one attached hydrogen (secondary N) is 2. The molecule has 2 heterocycles. The van der Waals surface area contributed by atoms with Gasteiger partial charge in [-0.15, -0.1) is 0 Å². The van der Waals surface area contributed by atoms with Gasteiger partial charge in [0.1, 0.15) is 5.84 Å². The van der Waals surface area contributed by atoms with Gasteiger partial charge in [0.05, 0.1) is 19.6 Å². The van der Waals surface area contributed by atoms with Gasteiger partial charge in [-0.05, 0) is 47.5 Å². The minimum Gasteiger partial charge on any atom is -0.384 e. The molecule has 2 aromatic carbocycles. The molecule has 1 unspecified atom stereocenters. The number of anilines is 2. The van der Waals surface area contributed by atoms with E-state index in [9.17, 15) is 24.3 Å². The van der Waals surface area contributed by atoms with Gasteiger partial charge in [0.15, 0.2) is 12.2 Å². The number of nitrogens with two attached hydrogens (primary N) is 2. The van der Waals surface area contributed by atoms with E-state index in [1.54, 1.807) is 30.3 Å². The maximum Gasteiger partial charge on any atom is 0.259 e. The Balaban J connectivity index is 1.45. The van der Waals surface area contributed by atoms with Crippen molar-refractivity contribution in [3.05, 3.63) is 59.2 Å². The number of ether oxygens (including phenoxy) is 1. The molecule has 36 heavy (non-hydrogen) atoms. The summed E-state index contributed by atoms with van der Waals surface area (Å²) in [6, 6.07) is 11.3. The number of morpholine rings is 1. The second-order valence-corrected chi connectivity index (χ2v) is 8.55. The summed E-state index contributed by atoms with van der Waals surface area (Å²) in [7, 11) is 0. The second kappa shape index (κ2) is 10.1. The number of benzene rings is 2. The smallest absolute Gasteiger partial charge is 0.259 e. The van der Waals surface area contributed by atoms with Crippen LogP contribution in [0.5, 0.6) is 0 Å². The van der Waals surface area contributed by atoms with Crippen molar-refractivity contribution in [3.63, 3.8) is 0 Å². The van der Waals surface area contributed by atoms with Crippen molar-refractivity contribution >= 4 is 40.8 Å². The van der Waals surface area contributed by atoms with E-state index in [-0.39, 0.29) is 44.4 Å². The van der Waals surface area contributed by atoms with Crippen molar-refractivity contribution in [2.45, 2.75) is 25.2 Å². The number of aliphatic hydroxyl groups excluding tert-OH is 1. The Hall–Kier alpha value is -4.29. The molecule has 188 valence electrons. The van der Waals surface area contributed by atoms with Crippen LogP contribution in [-0.2, 0) is 36.9 Å². The quantitative estimate of drug-likeness (QED) is 0.242. The Kier molecular flexibility index (Phi) is 6.99. The Labute approximate surface area is 206 Å².